The van der Waals surface area contributed by atoms with E-state index >= 15 is 0 Å². The number of nitrogens with zero attached hydrogens (tertiary/aromatic N) is 2. The lowest BCUT2D eigenvalue weighted by atomic mass is 10.4. The van der Waals surface area contributed by atoms with E-state index in [9.17, 15) is 4.39 Å². The van der Waals surface area contributed by atoms with Gasteiger partial charge in [0, 0.05) is 18.5 Å². The number of fused-ring (bicyclic) bond motifs is 1. The molecule has 3 nitrogen and oxygen atoms in total. The molecule has 1 N–H and O–H groups in total. The molecule has 14 heavy (non-hydrogen) atoms. The Morgan fingerprint density at radius 2 is 2.36 bits per heavy atom. The number of aryl methyl sites for hydroxylation is 1. The normalized spacial score (nSPS) is 10.4. The van der Waals surface area contributed by atoms with Gasteiger partial charge in [-0.2, -0.15) is 0 Å². The second kappa shape index (κ2) is 3.14. The Kier molecular flexibility index (Phi) is 1.96. The summed E-state index contributed by atoms with van der Waals surface area (Å²) in [6, 6.07) is 1.39. The van der Waals surface area contributed by atoms with Gasteiger partial charge in [-0.25, -0.2) is 9.37 Å². The molecular formula is C10H10FN3. The van der Waals surface area contributed by atoms with Crippen LogP contribution >= 0.6 is 0 Å². The standard InChI is InChI=1S/C10H10FN3/c1-3-12-9-6-14-5-7(2)13-10(14)4-8(9)11/h3-6,12H,1H2,2H3. The molecule has 0 aromatic carbocycles. The molecule has 4 heteroatoms. The highest BCUT2D eigenvalue weighted by molar-refractivity contribution is 5.53. The summed E-state index contributed by atoms with van der Waals surface area (Å²) in [7, 11) is 0. The van der Waals surface area contributed by atoms with Gasteiger partial charge in [-0.3, -0.25) is 0 Å². The molecule has 0 aliphatic rings. The summed E-state index contributed by atoms with van der Waals surface area (Å²) in [5.74, 6) is -0.331. The molecular weight excluding hydrogens is 181 g/mol. The van der Waals surface area contributed by atoms with Gasteiger partial charge in [0.15, 0.2) is 5.82 Å². The van der Waals surface area contributed by atoms with Crippen molar-refractivity contribution < 1.29 is 4.39 Å². The third-order valence-corrected chi connectivity index (χ3v) is 1.92. The maximum absolute atomic E-state index is 13.4. The van der Waals surface area contributed by atoms with E-state index < -0.39 is 0 Å². The SMILES string of the molecule is C=CNc1cn2cc(C)nc2cc1F. The largest absolute Gasteiger partial charge is 0.359 e. The van der Waals surface area contributed by atoms with Gasteiger partial charge in [-0.15, -0.1) is 0 Å². The van der Waals surface area contributed by atoms with E-state index in [1.54, 1.807) is 10.6 Å². The fourth-order valence-electron chi connectivity index (χ4n) is 1.35. The molecule has 2 rings (SSSR count). The molecule has 0 fully saturated rings. The summed E-state index contributed by atoms with van der Waals surface area (Å²) in [5.41, 5.74) is 1.86. The van der Waals surface area contributed by atoms with Gasteiger partial charge in [0.2, 0.25) is 0 Å². The fraction of sp³-hybridized carbons (Fsp3) is 0.100. The van der Waals surface area contributed by atoms with Crippen molar-refractivity contribution in [2.45, 2.75) is 6.92 Å². The van der Waals surface area contributed by atoms with Crippen LogP contribution in [0.2, 0.25) is 0 Å². The average molecular weight is 191 g/mol. The summed E-state index contributed by atoms with van der Waals surface area (Å²) >= 11 is 0. The predicted molar refractivity (Wildman–Crippen MR) is 53.7 cm³/mol. The van der Waals surface area contributed by atoms with Gasteiger partial charge in [0.25, 0.3) is 0 Å². The van der Waals surface area contributed by atoms with Gasteiger partial charge < -0.3 is 9.72 Å². The van der Waals surface area contributed by atoms with Gasteiger partial charge in [-0.05, 0) is 13.1 Å². The molecule has 0 atom stereocenters. The monoisotopic (exact) mass is 191 g/mol. The first-order valence-corrected chi connectivity index (χ1v) is 4.23. The van der Waals surface area contributed by atoms with E-state index in [1.807, 2.05) is 13.1 Å². The van der Waals surface area contributed by atoms with Crippen molar-refractivity contribution in [3.8, 4) is 0 Å². The molecule has 0 bridgehead atoms. The molecule has 0 unspecified atom stereocenters. The molecule has 2 aromatic heterocycles. The smallest absolute Gasteiger partial charge is 0.151 e. The second-order valence-electron chi connectivity index (χ2n) is 3.03. The van der Waals surface area contributed by atoms with Crippen LogP contribution < -0.4 is 5.32 Å². The molecule has 0 spiro atoms. The summed E-state index contributed by atoms with van der Waals surface area (Å²) < 4.78 is 15.1. The molecule has 72 valence electrons. The van der Waals surface area contributed by atoms with E-state index in [1.165, 1.54) is 12.3 Å². The average Bonchev–Trinajstić information content (AvgIpc) is 2.45. The highest BCUT2D eigenvalue weighted by Crippen LogP contribution is 2.16. The Hall–Kier alpha value is -1.84. The van der Waals surface area contributed by atoms with E-state index in [4.69, 9.17) is 0 Å². The molecule has 2 aromatic rings. The van der Waals surface area contributed by atoms with Crippen LogP contribution in [0.1, 0.15) is 5.69 Å². The van der Waals surface area contributed by atoms with Gasteiger partial charge in [-0.1, -0.05) is 6.58 Å². The Labute approximate surface area is 80.9 Å². The van der Waals surface area contributed by atoms with Crippen LogP contribution in [0, 0.1) is 12.7 Å². The van der Waals surface area contributed by atoms with Gasteiger partial charge in [0.05, 0.1) is 11.4 Å². The van der Waals surface area contributed by atoms with E-state index in [2.05, 4.69) is 16.9 Å². The van der Waals surface area contributed by atoms with E-state index in [0.29, 0.717) is 11.3 Å². The van der Waals surface area contributed by atoms with Crippen molar-refractivity contribution in [2.75, 3.05) is 5.32 Å². The Morgan fingerprint density at radius 3 is 3.07 bits per heavy atom. The van der Waals surface area contributed by atoms with Crippen LogP contribution in [0.25, 0.3) is 5.65 Å². The highest BCUT2D eigenvalue weighted by Gasteiger charge is 2.04. The quantitative estimate of drug-likeness (QED) is 0.789. The van der Waals surface area contributed by atoms with E-state index in [-0.39, 0.29) is 5.82 Å². The summed E-state index contributed by atoms with van der Waals surface area (Å²) in [6.45, 7) is 5.35. The molecule has 0 aliphatic carbocycles. The number of imidazole rings is 1. The lowest BCUT2D eigenvalue weighted by Crippen LogP contribution is -1.94. The summed E-state index contributed by atoms with van der Waals surface area (Å²) in [4.78, 5) is 4.14. The van der Waals surface area contributed by atoms with Crippen LogP contribution in [0.3, 0.4) is 0 Å². The molecule has 0 saturated heterocycles. The van der Waals surface area contributed by atoms with Crippen LogP contribution in [0.15, 0.2) is 31.2 Å². The molecule has 0 saturated carbocycles. The van der Waals surface area contributed by atoms with Gasteiger partial charge in [0.1, 0.15) is 5.65 Å². The maximum atomic E-state index is 13.4. The summed E-state index contributed by atoms with van der Waals surface area (Å²) in [6.07, 6.45) is 4.92. The minimum atomic E-state index is -0.331. The minimum absolute atomic E-state index is 0.331. The first-order valence-electron chi connectivity index (χ1n) is 4.23. The van der Waals surface area contributed by atoms with Crippen molar-refractivity contribution in [1.82, 2.24) is 9.38 Å². The van der Waals surface area contributed by atoms with Crippen LogP contribution in [-0.2, 0) is 0 Å². The summed E-state index contributed by atoms with van der Waals surface area (Å²) in [5, 5.41) is 2.72. The lowest BCUT2D eigenvalue weighted by Gasteiger charge is -2.02. The molecule has 2 heterocycles. The lowest BCUT2D eigenvalue weighted by molar-refractivity contribution is 0.630. The number of anilines is 1. The number of pyridine rings is 1. The van der Waals surface area contributed by atoms with E-state index in [0.717, 1.165) is 5.69 Å². The van der Waals surface area contributed by atoms with Crippen LogP contribution in [0.4, 0.5) is 10.1 Å². The van der Waals surface area contributed by atoms with Gasteiger partial charge >= 0.3 is 0 Å². The second-order valence-corrected chi connectivity index (χ2v) is 3.03. The first-order chi connectivity index (χ1) is 6.70. The van der Waals surface area contributed by atoms with Crippen molar-refractivity contribution in [2.24, 2.45) is 0 Å². The zero-order valence-corrected chi connectivity index (χ0v) is 7.79. The molecule has 0 aliphatic heterocycles. The number of nitrogens with one attached hydrogen (secondary N) is 1. The van der Waals surface area contributed by atoms with Crippen LogP contribution in [0.5, 0.6) is 0 Å². The Morgan fingerprint density at radius 1 is 1.57 bits per heavy atom. The van der Waals surface area contributed by atoms with Crippen molar-refractivity contribution in [3.63, 3.8) is 0 Å². The number of aromatic nitrogens is 2. The third-order valence-electron chi connectivity index (χ3n) is 1.92. The predicted octanol–water partition coefficient (Wildman–Crippen LogP) is 2.34. The first kappa shape index (κ1) is 8.74. The number of halogens is 1. The zero-order chi connectivity index (χ0) is 10.1. The van der Waals surface area contributed by atoms with Crippen molar-refractivity contribution in [3.05, 3.63) is 42.8 Å². The van der Waals surface area contributed by atoms with Crippen LogP contribution in [-0.4, -0.2) is 9.38 Å². The van der Waals surface area contributed by atoms with Crippen molar-refractivity contribution in [1.29, 1.82) is 0 Å². The molecule has 0 radical (unpaired) electrons. The zero-order valence-electron chi connectivity index (χ0n) is 7.79. The highest BCUT2D eigenvalue weighted by atomic mass is 19.1. The number of hydrogen-bond acceptors (Lipinski definition) is 2. The Bertz CT molecular complexity index is 487. The third kappa shape index (κ3) is 1.35. The fourth-order valence-corrected chi connectivity index (χ4v) is 1.35. The maximum Gasteiger partial charge on any atom is 0.151 e. The topological polar surface area (TPSA) is 29.3 Å². The van der Waals surface area contributed by atoms with Crippen molar-refractivity contribution >= 4 is 11.3 Å². The Balaban J connectivity index is 2.63. The minimum Gasteiger partial charge on any atom is -0.359 e. The number of hydrogen-bond donors (Lipinski definition) is 1. The molecule has 0 amide bonds. The number of rotatable bonds is 2.